The molecule has 0 aromatic heterocycles. The van der Waals surface area contributed by atoms with Crippen LogP contribution in [-0.2, 0) is 10.0 Å². The maximum atomic E-state index is 12.8. The first-order valence-corrected chi connectivity index (χ1v) is 12.0. The van der Waals surface area contributed by atoms with E-state index in [1.807, 2.05) is 26.0 Å². The summed E-state index contributed by atoms with van der Waals surface area (Å²) in [7, 11) is -3.79. The lowest BCUT2D eigenvalue weighted by Gasteiger charge is -2.26. The fraction of sp³-hybridized carbons (Fsp3) is 0.435. The van der Waals surface area contributed by atoms with Gasteiger partial charge < -0.3 is 5.32 Å². The first kappa shape index (κ1) is 22.3. The molecule has 1 aliphatic heterocycles. The number of carbonyl (C=O) groups excluding carboxylic acids is 1. The lowest BCUT2D eigenvalue weighted by Crippen LogP contribution is -2.42. The minimum atomic E-state index is -3.79. The summed E-state index contributed by atoms with van der Waals surface area (Å²) in [5.41, 5.74) is 2.67. The van der Waals surface area contributed by atoms with Crippen molar-refractivity contribution < 1.29 is 13.2 Å². The molecule has 162 valence electrons. The Morgan fingerprint density at radius 1 is 1.07 bits per heavy atom. The Morgan fingerprint density at radius 3 is 2.37 bits per heavy atom. The molecule has 2 aromatic carbocycles. The van der Waals surface area contributed by atoms with E-state index in [0.29, 0.717) is 23.8 Å². The van der Waals surface area contributed by atoms with Crippen LogP contribution in [0.4, 0.5) is 5.69 Å². The highest BCUT2D eigenvalue weighted by Gasteiger charge is 2.22. The molecule has 1 heterocycles. The van der Waals surface area contributed by atoms with Crippen molar-refractivity contribution in [1.82, 2.24) is 10.2 Å². The molecule has 3 rings (SSSR count). The predicted octanol–water partition coefficient (Wildman–Crippen LogP) is 3.71. The highest BCUT2D eigenvalue weighted by Crippen LogP contribution is 2.20. The number of sulfonamides is 1. The van der Waals surface area contributed by atoms with Crippen LogP contribution in [0.2, 0.25) is 0 Å². The minimum absolute atomic E-state index is 0.0745. The van der Waals surface area contributed by atoms with Gasteiger partial charge in [0.1, 0.15) is 0 Å². The molecule has 7 heteroatoms. The maximum Gasteiger partial charge on any atom is 0.261 e. The molecular formula is C23H31N3O3S. The van der Waals surface area contributed by atoms with Gasteiger partial charge in [-0.25, -0.2) is 8.42 Å². The Kier molecular flexibility index (Phi) is 7.15. The summed E-state index contributed by atoms with van der Waals surface area (Å²) < 4.78 is 28.2. The van der Waals surface area contributed by atoms with Crippen LogP contribution in [-0.4, -0.2) is 44.9 Å². The van der Waals surface area contributed by atoms with Gasteiger partial charge in [-0.15, -0.1) is 0 Å². The standard InChI is InChI=1S/C23H31N3O3S/c1-4-20(26-13-5-6-14-26)16-24-23(27)22-15-21(12-9-18(22)3)30(28,29)25-19-10-7-17(2)8-11-19/h7-12,15,20,25H,4-6,13-14,16H2,1-3H3,(H,24,27). The smallest absolute Gasteiger partial charge is 0.261 e. The van der Waals surface area contributed by atoms with E-state index in [1.165, 1.54) is 25.0 Å². The molecule has 0 aliphatic carbocycles. The summed E-state index contributed by atoms with van der Waals surface area (Å²) in [6.07, 6.45) is 3.38. The first-order valence-electron chi connectivity index (χ1n) is 10.5. The first-order chi connectivity index (χ1) is 14.3. The van der Waals surface area contributed by atoms with Gasteiger partial charge in [0.05, 0.1) is 4.90 Å². The van der Waals surface area contributed by atoms with Crippen molar-refractivity contribution in [3.63, 3.8) is 0 Å². The summed E-state index contributed by atoms with van der Waals surface area (Å²) >= 11 is 0. The van der Waals surface area contributed by atoms with Gasteiger partial charge in [-0.3, -0.25) is 14.4 Å². The van der Waals surface area contributed by atoms with Crippen molar-refractivity contribution in [3.05, 3.63) is 59.2 Å². The molecule has 0 bridgehead atoms. The zero-order chi connectivity index (χ0) is 21.7. The minimum Gasteiger partial charge on any atom is -0.350 e. The lowest BCUT2D eigenvalue weighted by molar-refractivity contribution is 0.0936. The fourth-order valence-electron chi connectivity index (χ4n) is 3.79. The van der Waals surface area contributed by atoms with Crippen LogP contribution < -0.4 is 10.0 Å². The molecule has 1 aliphatic rings. The second kappa shape index (κ2) is 9.62. The number of anilines is 1. The van der Waals surface area contributed by atoms with Crippen molar-refractivity contribution >= 4 is 21.6 Å². The van der Waals surface area contributed by atoms with Crippen LogP contribution in [0.25, 0.3) is 0 Å². The third kappa shape index (κ3) is 5.40. The highest BCUT2D eigenvalue weighted by atomic mass is 32.2. The van der Waals surface area contributed by atoms with Crippen LogP contribution in [0, 0.1) is 13.8 Å². The fourth-order valence-corrected chi connectivity index (χ4v) is 4.88. The van der Waals surface area contributed by atoms with E-state index < -0.39 is 10.0 Å². The molecular weight excluding hydrogens is 398 g/mol. The number of hydrogen-bond donors (Lipinski definition) is 2. The number of carbonyl (C=O) groups is 1. The molecule has 1 amide bonds. The van der Waals surface area contributed by atoms with Gasteiger partial charge in [0.15, 0.2) is 0 Å². The number of nitrogens with zero attached hydrogens (tertiary/aromatic N) is 1. The monoisotopic (exact) mass is 429 g/mol. The second-order valence-electron chi connectivity index (χ2n) is 7.96. The van der Waals surface area contributed by atoms with Crippen molar-refractivity contribution in [3.8, 4) is 0 Å². The maximum absolute atomic E-state index is 12.8. The number of benzene rings is 2. The Bertz CT molecular complexity index is 981. The van der Waals surface area contributed by atoms with E-state index in [-0.39, 0.29) is 10.8 Å². The van der Waals surface area contributed by atoms with Gasteiger partial charge in [0, 0.05) is 23.8 Å². The zero-order valence-corrected chi connectivity index (χ0v) is 18.8. The molecule has 1 saturated heterocycles. The molecule has 0 radical (unpaired) electrons. The summed E-state index contributed by atoms with van der Waals surface area (Å²) in [6, 6.07) is 12.1. The van der Waals surface area contributed by atoms with Gasteiger partial charge >= 0.3 is 0 Å². The SMILES string of the molecule is CCC(CNC(=O)c1cc(S(=O)(=O)Nc2ccc(C)cc2)ccc1C)N1CCCC1. The van der Waals surface area contributed by atoms with Gasteiger partial charge in [0.2, 0.25) is 0 Å². The Morgan fingerprint density at radius 2 is 1.73 bits per heavy atom. The van der Waals surface area contributed by atoms with Crippen LogP contribution >= 0.6 is 0 Å². The van der Waals surface area contributed by atoms with Gasteiger partial charge in [-0.2, -0.15) is 0 Å². The van der Waals surface area contributed by atoms with E-state index in [2.05, 4.69) is 21.9 Å². The molecule has 6 nitrogen and oxygen atoms in total. The normalized spacial score (nSPS) is 15.7. The van der Waals surface area contributed by atoms with Crippen LogP contribution in [0.1, 0.15) is 47.7 Å². The molecule has 30 heavy (non-hydrogen) atoms. The average Bonchev–Trinajstić information content (AvgIpc) is 3.25. The third-order valence-corrected chi connectivity index (χ3v) is 7.07. The molecule has 0 saturated carbocycles. The average molecular weight is 430 g/mol. The molecule has 2 N–H and O–H groups in total. The number of amides is 1. The van der Waals surface area contributed by atoms with Gasteiger partial charge in [-0.05, 0) is 76.0 Å². The lowest BCUT2D eigenvalue weighted by atomic mass is 10.1. The van der Waals surface area contributed by atoms with Crippen LogP contribution in [0.15, 0.2) is 47.4 Å². The second-order valence-corrected chi connectivity index (χ2v) is 9.65. The molecule has 2 aromatic rings. The van der Waals surface area contributed by atoms with Gasteiger partial charge in [-0.1, -0.05) is 30.7 Å². The number of aryl methyl sites for hydroxylation is 2. The van der Waals surface area contributed by atoms with Crippen molar-refractivity contribution in [1.29, 1.82) is 0 Å². The number of hydrogen-bond acceptors (Lipinski definition) is 4. The van der Waals surface area contributed by atoms with E-state index in [0.717, 1.165) is 30.6 Å². The topological polar surface area (TPSA) is 78.5 Å². The number of rotatable bonds is 8. The van der Waals surface area contributed by atoms with Crippen molar-refractivity contribution in [2.45, 2.75) is 51.0 Å². The Labute approximate surface area is 179 Å². The third-order valence-electron chi connectivity index (χ3n) is 5.69. The van der Waals surface area contributed by atoms with Crippen molar-refractivity contribution in [2.24, 2.45) is 0 Å². The molecule has 1 atom stereocenters. The Hall–Kier alpha value is -2.38. The summed E-state index contributed by atoms with van der Waals surface area (Å²) in [6.45, 7) is 8.60. The molecule has 0 spiro atoms. The quantitative estimate of drug-likeness (QED) is 0.671. The van der Waals surface area contributed by atoms with E-state index in [4.69, 9.17) is 0 Å². The predicted molar refractivity (Wildman–Crippen MR) is 120 cm³/mol. The van der Waals surface area contributed by atoms with E-state index >= 15 is 0 Å². The van der Waals surface area contributed by atoms with E-state index in [9.17, 15) is 13.2 Å². The highest BCUT2D eigenvalue weighted by molar-refractivity contribution is 7.92. The largest absolute Gasteiger partial charge is 0.350 e. The Balaban J connectivity index is 1.73. The van der Waals surface area contributed by atoms with Crippen LogP contribution in [0.3, 0.4) is 0 Å². The van der Waals surface area contributed by atoms with E-state index in [1.54, 1.807) is 18.2 Å². The number of likely N-dealkylation sites (tertiary alicyclic amines) is 1. The molecule has 1 fully saturated rings. The summed E-state index contributed by atoms with van der Waals surface area (Å²) in [5, 5.41) is 3.01. The zero-order valence-electron chi connectivity index (χ0n) is 17.9. The van der Waals surface area contributed by atoms with Crippen LogP contribution in [0.5, 0.6) is 0 Å². The summed E-state index contributed by atoms with van der Waals surface area (Å²) in [5.74, 6) is -0.238. The van der Waals surface area contributed by atoms with Crippen molar-refractivity contribution in [2.75, 3.05) is 24.4 Å². The molecule has 1 unspecified atom stereocenters. The summed E-state index contributed by atoms with van der Waals surface area (Å²) in [4.78, 5) is 15.3. The number of nitrogens with one attached hydrogen (secondary N) is 2. The van der Waals surface area contributed by atoms with Gasteiger partial charge in [0.25, 0.3) is 15.9 Å².